The molecule has 0 spiro atoms. The van der Waals surface area contributed by atoms with E-state index in [0.717, 1.165) is 27.2 Å². The Morgan fingerprint density at radius 1 is 1.16 bits per heavy atom. The number of anilines is 1. The molecular formula is C23H27BrN4O3S. The van der Waals surface area contributed by atoms with Crippen LogP contribution in [0.5, 0.6) is 11.5 Å². The third-order valence-electron chi connectivity index (χ3n) is 4.99. The van der Waals surface area contributed by atoms with Crippen LogP contribution in [0.3, 0.4) is 0 Å². The second-order valence-corrected chi connectivity index (χ2v) is 9.07. The Kier molecular flexibility index (Phi) is 8.20. The highest BCUT2D eigenvalue weighted by atomic mass is 79.9. The standard InChI is InChI=1S/C23H27BrN4O3S/c1-6-28-22(16(4)31-18-9-7-17(30-5)8-10-18)26-27-23(28)32-13-21(29)25-20-12-15(3)14(2)11-19(20)24/h7-12,16H,6,13H2,1-5H3,(H,25,29). The van der Waals surface area contributed by atoms with E-state index in [2.05, 4.69) is 31.4 Å². The Bertz CT molecular complexity index is 1090. The van der Waals surface area contributed by atoms with Crippen LogP contribution in [0.4, 0.5) is 5.69 Å². The second kappa shape index (κ2) is 10.9. The minimum Gasteiger partial charge on any atom is -0.497 e. The van der Waals surface area contributed by atoms with Crippen LogP contribution in [0.1, 0.15) is 36.9 Å². The molecule has 9 heteroatoms. The van der Waals surface area contributed by atoms with Crippen molar-refractivity contribution in [1.29, 1.82) is 0 Å². The fraction of sp³-hybridized carbons (Fsp3) is 0.348. The van der Waals surface area contributed by atoms with Gasteiger partial charge in [0.2, 0.25) is 5.91 Å². The number of hydrogen-bond donors (Lipinski definition) is 1. The van der Waals surface area contributed by atoms with Crippen LogP contribution in [0.2, 0.25) is 0 Å². The quantitative estimate of drug-likeness (QED) is 0.373. The summed E-state index contributed by atoms with van der Waals surface area (Å²) >= 11 is 4.87. The zero-order valence-electron chi connectivity index (χ0n) is 18.8. The van der Waals surface area contributed by atoms with Gasteiger partial charge < -0.3 is 19.4 Å². The van der Waals surface area contributed by atoms with Crippen LogP contribution in [-0.4, -0.2) is 33.5 Å². The first-order valence-electron chi connectivity index (χ1n) is 10.3. The summed E-state index contributed by atoms with van der Waals surface area (Å²) in [6.07, 6.45) is -0.300. The maximum absolute atomic E-state index is 12.5. The van der Waals surface area contributed by atoms with Crippen LogP contribution in [0, 0.1) is 13.8 Å². The van der Waals surface area contributed by atoms with Gasteiger partial charge in [-0.1, -0.05) is 11.8 Å². The number of rotatable bonds is 9. The molecule has 0 aliphatic rings. The maximum atomic E-state index is 12.5. The van der Waals surface area contributed by atoms with E-state index in [0.29, 0.717) is 17.5 Å². The highest BCUT2D eigenvalue weighted by molar-refractivity contribution is 9.10. The molecule has 3 rings (SSSR count). The van der Waals surface area contributed by atoms with Crippen LogP contribution in [-0.2, 0) is 11.3 Å². The Balaban J connectivity index is 1.64. The number of carbonyl (C=O) groups is 1. The lowest BCUT2D eigenvalue weighted by Gasteiger charge is -2.16. The molecule has 0 saturated heterocycles. The average Bonchev–Trinajstić information content (AvgIpc) is 3.19. The van der Waals surface area contributed by atoms with E-state index < -0.39 is 0 Å². The summed E-state index contributed by atoms with van der Waals surface area (Å²) in [5, 5.41) is 12.2. The average molecular weight is 519 g/mol. The molecule has 32 heavy (non-hydrogen) atoms. The minimum atomic E-state index is -0.300. The lowest BCUT2D eigenvalue weighted by atomic mass is 10.1. The van der Waals surface area contributed by atoms with Gasteiger partial charge in [0.25, 0.3) is 0 Å². The van der Waals surface area contributed by atoms with Crippen molar-refractivity contribution in [2.75, 3.05) is 18.2 Å². The normalized spacial score (nSPS) is 11.8. The molecule has 0 bridgehead atoms. The van der Waals surface area contributed by atoms with E-state index >= 15 is 0 Å². The summed E-state index contributed by atoms with van der Waals surface area (Å²) in [5.74, 6) is 2.32. The predicted octanol–water partition coefficient (Wildman–Crippen LogP) is 5.56. The Labute approximate surface area is 201 Å². The number of ether oxygens (including phenoxy) is 2. The molecule has 1 aromatic heterocycles. The SMILES string of the molecule is CCn1c(SCC(=O)Nc2cc(C)c(C)cc2Br)nnc1C(C)Oc1ccc(OC)cc1. The minimum absolute atomic E-state index is 0.103. The zero-order valence-corrected chi connectivity index (χ0v) is 21.2. The van der Waals surface area contributed by atoms with Gasteiger partial charge in [-0.05, 0) is 91.1 Å². The van der Waals surface area contributed by atoms with Crippen LogP contribution < -0.4 is 14.8 Å². The van der Waals surface area contributed by atoms with Crippen molar-refractivity contribution in [3.8, 4) is 11.5 Å². The fourth-order valence-corrected chi connectivity index (χ4v) is 4.48. The molecule has 0 aliphatic heterocycles. The highest BCUT2D eigenvalue weighted by Gasteiger charge is 2.20. The number of benzene rings is 2. The van der Waals surface area contributed by atoms with Crippen LogP contribution >= 0.6 is 27.7 Å². The fourth-order valence-electron chi connectivity index (χ4n) is 3.11. The lowest BCUT2D eigenvalue weighted by molar-refractivity contribution is -0.113. The van der Waals surface area contributed by atoms with Crippen molar-refractivity contribution in [3.63, 3.8) is 0 Å². The van der Waals surface area contributed by atoms with Gasteiger partial charge in [-0.2, -0.15) is 0 Å². The second-order valence-electron chi connectivity index (χ2n) is 7.27. The lowest BCUT2D eigenvalue weighted by Crippen LogP contribution is -2.16. The van der Waals surface area contributed by atoms with Gasteiger partial charge in [-0.3, -0.25) is 4.79 Å². The van der Waals surface area contributed by atoms with Crippen LogP contribution in [0.25, 0.3) is 0 Å². The molecule has 1 unspecified atom stereocenters. The Morgan fingerprint density at radius 3 is 2.47 bits per heavy atom. The van der Waals surface area contributed by atoms with Gasteiger partial charge in [0.1, 0.15) is 11.5 Å². The molecule has 0 aliphatic carbocycles. The van der Waals surface area contributed by atoms with E-state index in [1.54, 1.807) is 7.11 Å². The van der Waals surface area contributed by atoms with Gasteiger partial charge in [0.15, 0.2) is 17.1 Å². The van der Waals surface area contributed by atoms with E-state index in [9.17, 15) is 4.79 Å². The number of nitrogens with zero attached hydrogens (tertiary/aromatic N) is 3. The van der Waals surface area contributed by atoms with Gasteiger partial charge >= 0.3 is 0 Å². The van der Waals surface area contributed by atoms with Crippen molar-refractivity contribution in [2.24, 2.45) is 0 Å². The molecular weight excluding hydrogens is 492 g/mol. The number of amides is 1. The number of carbonyl (C=O) groups excluding carboxylic acids is 1. The summed E-state index contributed by atoms with van der Waals surface area (Å²) in [4.78, 5) is 12.5. The number of aromatic nitrogens is 3. The van der Waals surface area contributed by atoms with Crippen molar-refractivity contribution < 1.29 is 14.3 Å². The summed E-state index contributed by atoms with van der Waals surface area (Å²) in [7, 11) is 1.63. The van der Waals surface area contributed by atoms with Gasteiger partial charge in [0, 0.05) is 11.0 Å². The van der Waals surface area contributed by atoms with Gasteiger partial charge in [-0.15, -0.1) is 10.2 Å². The number of thioether (sulfide) groups is 1. The number of methoxy groups -OCH3 is 1. The Hall–Kier alpha value is -2.52. The molecule has 1 heterocycles. The molecule has 1 amide bonds. The van der Waals surface area contributed by atoms with Crippen LogP contribution in [0.15, 0.2) is 46.0 Å². The first-order valence-corrected chi connectivity index (χ1v) is 12.0. The van der Waals surface area contributed by atoms with Crippen molar-refractivity contribution in [3.05, 3.63) is 57.8 Å². The first kappa shape index (κ1) is 24.1. The van der Waals surface area contributed by atoms with Crippen molar-refractivity contribution >= 4 is 39.3 Å². The largest absolute Gasteiger partial charge is 0.497 e. The smallest absolute Gasteiger partial charge is 0.234 e. The molecule has 7 nitrogen and oxygen atoms in total. The molecule has 0 radical (unpaired) electrons. The van der Waals surface area contributed by atoms with Gasteiger partial charge in [0.05, 0.1) is 18.6 Å². The molecule has 0 fully saturated rings. The van der Waals surface area contributed by atoms with Crippen molar-refractivity contribution in [2.45, 2.75) is 45.5 Å². The highest BCUT2D eigenvalue weighted by Crippen LogP contribution is 2.28. The molecule has 1 atom stereocenters. The third-order valence-corrected chi connectivity index (χ3v) is 6.61. The molecule has 0 saturated carbocycles. The molecule has 170 valence electrons. The number of nitrogens with one attached hydrogen (secondary N) is 1. The Morgan fingerprint density at radius 2 is 1.81 bits per heavy atom. The van der Waals surface area contributed by atoms with E-state index in [-0.39, 0.29) is 17.8 Å². The predicted molar refractivity (Wildman–Crippen MR) is 131 cm³/mol. The first-order chi connectivity index (χ1) is 15.3. The topological polar surface area (TPSA) is 78.3 Å². The van der Waals surface area contributed by atoms with E-state index in [1.165, 1.54) is 17.3 Å². The maximum Gasteiger partial charge on any atom is 0.234 e. The number of aryl methyl sites for hydroxylation is 2. The summed E-state index contributed by atoms with van der Waals surface area (Å²) < 4.78 is 14.0. The summed E-state index contributed by atoms with van der Waals surface area (Å²) in [6, 6.07) is 11.4. The molecule has 1 N–H and O–H groups in total. The number of halogens is 1. The van der Waals surface area contributed by atoms with E-state index in [1.807, 2.05) is 68.7 Å². The summed E-state index contributed by atoms with van der Waals surface area (Å²) in [5.41, 5.74) is 3.05. The monoisotopic (exact) mass is 518 g/mol. The van der Waals surface area contributed by atoms with Crippen molar-refractivity contribution in [1.82, 2.24) is 14.8 Å². The zero-order chi connectivity index (χ0) is 23.3. The number of hydrogen-bond acceptors (Lipinski definition) is 6. The summed E-state index contributed by atoms with van der Waals surface area (Å²) in [6.45, 7) is 8.68. The molecule has 2 aromatic carbocycles. The van der Waals surface area contributed by atoms with Gasteiger partial charge in [-0.25, -0.2) is 0 Å². The third kappa shape index (κ3) is 5.83. The van der Waals surface area contributed by atoms with E-state index in [4.69, 9.17) is 9.47 Å². The molecule has 3 aromatic rings.